The molecule has 0 radical (unpaired) electrons. The van der Waals surface area contributed by atoms with Gasteiger partial charge in [0.1, 0.15) is 22.8 Å². The molecule has 4 rings (SSSR count). The zero-order valence-electron chi connectivity index (χ0n) is 41.0. The van der Waals surface area contributed by atoms with Crippen LogP contribution in [-0.4, -0.2) is 50.2 Å². The van der Waals surface area contributed by atoms with E-state index < -0.39 is 60.9 Å². The second-order valence-electron chi connectivity index (χ2n) is 17.4. The highest BCUT2D eigenvalue weighted by atomic mass is 19.4. The number of ketones is 1. The number of carbonyl (C=O) groups excluding carboxylic acids is 1. The second-order valence-corrected chi connectivity index (χ2v) is 17.4. The Kier molecular flexibility index (Phi) is 20.6. The minimum atomic E-state index is -6.03. The van der Waals surface area contributed by atoms with Gasteiger partial charge in [0.25, 0.3) is 0 Å². The highest BCUT2D eigenvalue weighted by molar-refractivity contribution is 6.09. The normalized spacial score (nSPS) is 13.0. The van der Waals surface area contributed by atoms with Crippen molar-refractivity contribution in [1.29, 1.82) is 0 Å². The molecule has 0 bridgehead atoms. The molecule has 378 valence electrons. The average molecular weight is 977 g/mol. The molecule has 0 aliphatic rings. The quantitative estimate of drug-likeness (QED) is 0.0223. The van der Waals surface area contributed by atoms with E-state index >= 15 is 26.3 Å². The molecule has 0 fully saturated rings. The van der Waals surface area contributed by atoms with Crippen molar-refractivity contribution in [3.05, 3.63) is 186 Å². The molecule has 4 aromatic carbocycles. The van der Waals surface area contributed by atoms with Crippen LogP contribution in [0.15, 0.2) is 136 Å². The molecule has 0 saturated carbocycles. The van der Waals surface area contributed by atoms with Gasteiger partial charge >= 0.3 is 12.4 Å². The molecule has 4 aromatic rings. The average Bonchev–Trinajstić information content (AvgIpc) is 3.32. The van der Waals surface area contributed by atoms with Gasteiger partial charge in [0, 0.05) is 39.8 Å². The summed E-state index contributed by atoms with van der Waals surface area (Å²) in [5.74, 6) is -0.222. The monoisotopic (exact) mass is 976 g/mol. The van der Waals surface area contributed by atoms with Gasteiger partial charge in [0.05, 0.1) is 52.9 Å². The minimum Gasteiger partial charge on any atom is -0.487 e. The summed E-state index contributed by atoms with van der Waals surface area (Å²) in [5, 5.41) is 0. The van der Waals surface area contributed by atoms with Crippen LogP contribution < -0.4 is 9.47 Å². The lowest BCUT2D eigenvalue weighted by atomic mass is 9.71. The smallest absolute Gasteiger partial charge is 0.411 e. The third-order valence-electron chi connectivity index (χ3n) is 12.6. The lowest BCUT2D eigenvalue weighted by molar-refractivity contribution is -0.288. The Morgan fingerprint density at radius 2 is 0.886 bits per heavy atom. The van der Waals surface area contributed by atoms with Crippen LogP contribution in [0.5, 0.6) is 17.2 Å². The number of alkyl halides is 6. The summed E-state index contributed by atoms with van der Waals surface area (Å²) in [6.07, 6.45) is -2.29. The molecule has 0 N–H and O–H groups in total. The fraction of sp³-hybridized carbons (Fsp3) is 0.386. The van der Waals surface area contributed by atoms with Crippen molar-refractivity contribution in [2.45, 2.75) is 116 Å². The Bertz CT molecular complexity index is 2310. The molecule has 70 heavy (non-hydrogen) atoms. The van der Waals surface area contributed by atoms with Crippen LogP contribution in [-0.2, 0) is 56.2 Å². The van der Waals surface area contributed by atoms with Crippen molar-refractivity contribution in [2.24, 2.45) is 0 Å². The van der Waals surface area contributed by atoms with E-state index in [0.29, 0.717) is 24.0 Å². The predicted molar refractivity (Wildman–Crippen MR) is 264 cm³/mol. The van der Waals surface area contributed by atoms with Gasteiger partial charge in [0.2, 0.25) is 5.41 Å². The van der Waals surface area contributed by atoms with Crippen molar-refractivity contribution in [3.63, 3.8) is 0 Å². The first-order valence-corrected chi connectivity index (χ1v) is 23.2. The first kappa shape index (κ1) is 56.9. The molecule has 1 unspecified atom stereocenters. The SMILES string of the molecule is C=CCOCc1cc(C(c2cc(COCC=C)c(OC(C)(CC)CC=C)c(COCC=C)c2)(C(F)(F)F)C(F)(F)F)cc(COCC=C)c1Oc1ccc(C(=O)c2ccc(C(C)(CC)CC)cc2)cc1. The summed E-state index contributed by atoms with van der Waals surface area (Å²) in [6.45, 7) is 26.1. The fourth-order valence-corrected chi connectivity index (χ4v) is 8.07. The Hall–Kier alpha value is -5.73. The maximum absolute atomic E-state index is 16.3. The largest absolute Gasteiger partial charge is 0.487 e. The van der Waals surface area contributed by atoms with E-state index in [2.05, 4.69) is 53.7 Å². The molecule has 1 atom stereocenters. The van der Waals surface area contributed by atoms with Crippen molar-refractivity contribution < 1.29 is 59.6 Å². The summed E-state index contributed by atoms with van der Waals surface area (Å²) >= 11 is 0. The zero-order valence-corrected chi connectivity index (χ0v) is 41.0. The molecule has 0 spiro atoms. The number of hydrogen-bond donors (Lipinski definition) is 0. The summed E-state index contributed by atoms with van der Waals surface area (Å²) in [5.41, 5.74) is -6.62. The van der Waals surface area contributed by atoms with Crippen LogP contribution in [0.25, 0.3) is 0 Å². The van der Waals surface area contributed by atoms with Gasteiger partial charge in [-0.3, -0.25) is 4.79 Å². The van der Waals surface area contributed by atoms with Crippen LogP contribution in [0.2, 0.25) is 0 Å². The van der Waals surface area contributed by atoms with Crippen molar-refractivity contribution >= 4 is 5.78 Å². The summed E-state index contributed by atoms with van der Waals surface area (Å²) in [4.78, 5) is 13.6. The van der Waals surface area contributed by atoms with Gasteiger partial charge in [-0.25, -0.2) is 0 Å². The highest BCUT2D eigenvalue weighted by Gasteiger charge is 2.73. The van der Waals surface area contributed by atoms with E-state index in [-0.39, 0.29) is 77.1 Å². The molecule has 13 heteroatoms. The van der Waals surface area contributed by atoms with E-state index in [1.807, 2.05) is 19.1 Å². The first-order chi connectivity index (χ1) is 33.3. The molecule has 7 nitrogen and oxygen atoms in total. The molecular weight excluding hydrogens is 911 g/mol. The van der Waals surface area contributed by atoms with Crippen LogP contribution >= 0.6 is 0 Å². The maximum Gasteiger partial charge on any atom is 0.411 e. The third kappa shape index (κ3) is 13.4. The van der Waals surface area contributed by atoms with Crippen LogP contribution in [0.1, 0.15) is 115 Å². The Labute approximate surface area is 409 Å². The van der Waals surface area contributed by atoms with Gasteiger partial charge in [-0.1, -0.05) is 82.3 Å². The van der Waals surface area contributed by atoms with E-state index in [1.54, 1.807) is 25.1 Å². The zero-order chi connectivity index (χ0) is 51.8. The molecule has 0 amide bonds. The summed E-state index contributed by atoms with van der Waals surface area (Å²) in [6, 6.07) is 16.8. The van der Waals surface area contributed by atoms with Crippen molar-refractivity contribution in [2.75, 3.05) is 26.4 Å². The standard InChI is InChI=1S/C57H66F6O7/c1-11-27-54(10,18-8)70-52-44(38-67-30-14-4)34-48(35-45(52)39-68-31-15-5)55(56(58,59)60,57(61,62)63)47-32-42(36-65-28-12-2)51(43(33-47)37-66-29-13-3)69-49-25-21-41(22-26-49)50(64)40-19-23-46(24-20-40)53(9,16-6)17-7/h11-15,19-26,32-35H,1-5,16-18,27-31,36-39H2,6-10H3. The van der Waals surface area contributed by atoms with Gasteiger partial charge in [-0.05, 0) is 96.8 Å². The van der Waals surface area contributed by atoms with Crippen LogP contribution in [0, 0.1) is 0 Å². The molecule has 0 saturated heterocycles. The number of rotatable bonds is 30. The fourth-order valence-electron chi connectivity index (χ4n) is 8.07. The van der Waals surface area contributed by atoms with Gasteiger partial charge in [-0.15, -0.1) is 32.9 Å². The van der Waals surface area contributed by atoms with Gasteiger partial charge < -0.3 is 28.4 Å². The second kappa shape index (κ2) is 25.4. The number of hydrogen-bond acceptors (Lipinski definition) is 7. The molecule has 0 aromatic heterocycles. The number of carbonyl (C=O) groups is 1. The molecule has 0 heterocycles. The Morgan fingerprint density at radius 1 is 0.514 bits per heavy atom. The molecule has 0 aliphatic carbocycles. The number of benzene rings is 4. The lowest BCUT2D eigenvalue weighted by Crippen LogP contribution is -2.55. The first-order valence-electron chi connectivity index (χ1n) is 23.2. The highest BCUT2D eigenvalue weighted by Crippen LogP contribution is 2.58. The van der Waals surface area contributed by atoms with Crippen LogP contribution in [0.3, 0.4) is 0 Å². The van der Waals surface area contributed by atoms with E-state index in [1.165, 1.54) is 48.6 Å². The Balaban J connectivity index is 2.02. The summed E-state index contributed by atoms with van der Waals surface area (Å²) < 4.78 is 134. The third-order valence-corrected chi connectivity index (χ3v) is 12.6. The number of halogens is 6. The van der Waals surface area contributed by atoms with Gasteiger partial charge in [0.15, 0.2) is 5.78 Å². The molecular formula is C57H66F6O7. The van der Waals surface area contributed by atoms with E-state index in [9.17, 15) is 4.79 Å². The van der Waals surface area contributed by atoms with E-state index in [0.717, 1.165) is 42.7 Å². The number of ether oxygens (including phenoxy) is 6. The maximum atomic E-state index is 16.3. The topological polar surface area (TPSA) is 72.5 Å². The van der Waals surface area contributed by atoms with Gasteiger partial charge in [-0.2, -0.15) is 26.3 Å². The predicted octanol–water partition coefficient (Wildman–Crippen LogP) is 15.1. The Morgan fingerprint density at radius 3 is 1.21 bits per heavy atom. The minimum absolute atomic E-state index is 0.0132. The van der Waals surface area contributed by atoms with Crippen LogP contribution in [0.4, 0.5) is 26.3 Å². The molecule has 0 aliphatic heterocycles. The van der Waals surface area contributed by atoms with Crippen molar-refractivity contribution in [1.82, 2.24) is 0 Å². The summed E-state index contributed by atoms with van der Waals surface area (Å²) in [7, 11) is 0. The van der Waals surface area contributed by atoms with Crippen molar-refractivity contribution in [3.8, 4) is 17.2 Å². The van der Waals surface area contributed by atoms with E-state index in [4.69, 9.17) is 28.4 Å². The lowest BCUT2D eigenvalue weighted by Gasteiger charge is -2.40.